The van der Waals surface area contributed by atoms with Crippen molar-refractivity contribution in [1.82, 2.24) is 10.2 Å². The minimum Gasteiger partial charge on any atom is -0.508 e. The fourth-order valence-electron chi connectivity index (χ4n) is 2.51. The quantitative estimate of drug-likeness (QED) is 0.655. The Kier molecular flexibility index (Phi) is 6.07. The lowest BCUT2D eigenvalue weighted by molar-refractivity contribution is 0.410. The van der Waals surface area contributed by atoms with Crippen LogP contribution in [0.15, 0.2) is 47.5 Å². The Balaban J connectivity index is 2.03. The van der Waals surface area contributed by atoms with Crippen molar-refractivity contribution in [3.05, 3.63) is 59.2 Å². The van der Waals surface area contributed by atoms with Gasteiger partial charge in [-0.05, 0) is 36.2 Å². The van der Waals surface area contributed by atoms with E-state index in [1.54, 1.807) is 26.3 Å². The van der Waals surface area contributed by atoms with Gasteiger partial charge in [-0.2, -0.15) is 0 Å². The number of phenols is 1. The first-order valence-electron chi connectivity index (χ1n) is 7.87. The van der Waals surface area contributed by atoms with Gasteiger partial charge in [0.1, 0.15) is 11.5 Å². The second-order valence-corrected chi connectivity index (χ2v) is 5.68. The normalized spacial score (nSPS) is 11.2. The summed E-state index contributed by atoms with van der Waals surface area (Å²) in [7, 11) is 5.35. The van der Waals surface area contributed by atoms with Gasteiger partial charge in [-0.25, -0.2) is 0 Å². The maximum Gasteiger partial charge on any atom is 0.193 e. The Hall–Kier alpha value is -2.69. The number of rotatable bonds is 5. The van der Waals surface area contributed by atoms with Crippen LogP contribution in [0.1, 0.15) is 16.7 Å². The third-order valence-electron chi connectivity index (χ3n) is 3.97. The SMILES string of the molecule is CN=C(NCc1cc(OC)ccc1O)N(C)Cc1ccccc1C. The van der Waals surface area contributed by atoms with E-state index in [4.69, 9.17) is 4.74 Å². The van der Waals surface area contributed by atoms with Crippen molar-refractivity contribution in [3.63, 3.8) is 0 Å². The Labute approximate surface area is 143 Å². The molecule has 0 aromatic heterocycles. The zero-order valence-corrected chi connectivity index (χ0v) is 14.7. The molecule has 0 aliphatic carbocycles. The Morgan fingerprint density at radius 2 is 1.96 bits per heavy atom. The number of nitrogens with one attached hydrogen (secondary N) is 1. The molecule has 0 fully saturated rings. The molecule has 2 aromatic rings. The van der Waals surface area contributed by atoms with Crippen LogP contribution in [0.3, 0.4) is 0 Å². The minimum absolute atomic E-state index is 0.236. The first-order chi connectivity index (χ1) is 11.5. The zero-order valence-electron chi connectivity index (χ0n) is 14.7. The number of phenolic OH excluding ortho intramolecular Hbond substituents is 1. The fourth-order valence-corrected chi connectivity index (χ4v) is 2.51. The molecule has 5 heteroatoms. The highest BCUT2D eigenvalue weighted by Gasteiger charge is 2.10. The van der Waals surface area contributed by atoms with Crippen molar-refractivity contribution >= 4 is 5.96 Å². The van der Waals surface area contributed by atoms with Crippen LogP contribution >= 0.6 is 0 Å². The highest BCUT2D eigenvalue weighted by atomic mass is 16.5. The van der Waals surface area contributed by atoms with Crippen molar-refractivity contribution in [1.29, 1.82) is 0 Å². The van der Waals surface area contributed by atoms with Gasteiger partial charge in [0, 0.05) is 32.7 Å². The van der Waals surface area contributed by atoms with Gasteiger partial charge in [0.2, 0.25) is 0 Å². The molecular weight excluding hydrogens is 302 g/mol. The van der Waals surface area contributed by atoms with Crippen molar-refractivity contribution in [2.24, 2.45) is 4.99 Å². The molecule has 0 aliphatic heterocycles. The standard InChI is InChI=1S/C19H25N3O2/c1-14-7-5-6-8-15(14)13-22(3)19(20-2)21-12-16-11-17(24-4)9-10-18(16)23/h5-11,23H,12-13H2,1-4H3,(H,20,21). The summed E-state index contributed by atoms with van der Waals surface area (Å²) in [6.45, 7) is 3.33. The molecule has 0 unspecified atom stereocenters. The summed E-state index contributed by atoms with van der Waals surface area (Å²) in [6.07, 6.45) is 0. The summed E-state index contributed by atoms with van der Waals surface area (Å²) in [5, 5.41) is 13.3. The number of hydrogen-bond donors (Lipinski definition) is 2. The molecular formula is C19H25N3O2. The second-order valence-electron chi connectivity index (χ2n) is 5.68. The van der Waals surface area contributed by atoms with E-state index in [2.05, 4.69) is 34.3 Å². The molecule has 0 radical (unpaired) electrons. The van der Waals surface area contributed by atoms with Crippen LogP contribution in [0, 0.1) is 6.92 Å². The summed E-state index contributed by atoms with van der Waals surface area (Å²) in [5.74, 6) is 1.72. The summed E-state index contributed by atoms with van der Waals surface area (Å²) in [6, 6.07) is 13.5. The van der Waals surface area contributed by atoms with E-state index >= 15 is 0 Å². The third kappa shape index (κ3) is 4.41. The Morgan fingerprint density at radius 3 is 2.62 bits per heavy atom. The van der Waals surface area contributed by atoms with Crippen molar-refractivity contribution in [2.45, 2.75) is 20.0 Å². The maximum absolute atomic E-state index is 9.98. The molecule has 2 aromatic carbocycles. The molecule has 0 amide bonds. The highest BCUT2D eigenvalue weighted by Crippen LogP contribution is 2.22. The molecule has 0 spiro atoms. The van der Waals surface area contributed by atoms with E-state index in [1.807, 2.05) is 25.2 Å². The average molecular weight is 327 g/mol. The molecule has 24 heavy (non-hydrogen) atoms. The van der Waals surface area contributed by atoms with Crippen LogP contribution in [0.4, 0.5) is 0 Å². The van der Waals surface area contributed by atoms with Gasteiger partial charge in [0.15, 0.2) is 5.96 Å². The zero-order chi connectivity index (χ0) is 17.5. The summed E-state index contributed by atoms with van der Waals surface area (Å²) >= 11 is 0. The van der Waals surface area contributed by atoms with Crippen LogP contribution < -0.4 is 10.1 Å². The van der Waals surface area contributed by atoms with Crippen molar-refractivity contribution in [3.8, 4) is 11.5 Å². The Bertz CT molecular complexity index is 714. The van der Waals surface area contributed by atoms with E-state index in [1.165, 1.54) is 11.1 Å². The third-order valence-corrected chi connectivity index (χ3v) is 3.97. The lowest BCUT2D eigenvalue weighted by Gasteiger charge is -2.23. The van der Waals surface area contributed by atoms with E-state index in [-0.39, 0.29) is 5.75 Å². The van der Waals surface area contributed by atoms with Gasteiger partial charge in [-0.15, -0.1) is 0 Å². The van der Waals surface area contributed by atoms with Gasteiger partial charge in [0.05, 0.1) is 7.11 Å². The molecule has 0 bridgehead atoms. The summed E-state index contributed by atoms with van der Waals surface area (Å²) in [4.78, 5) is 6.37. The van der Waals surface area contributed by atoms with Crippen molar-refractivity contribution in [2.75, 3.05) is 21.2 Å². The summed E-state index contributed by atoms with van der Waals surface area (Å²) < 4.78 is 5.20. The van der Waals surface area contributed by atoms with Gasteiger partial charge in [0.25, 0.3) is 0 Å². The van der Waals surface area contributed by atoms with E-state index in [9.17, 15) is 5.11 Å². The molecule has 2 rings (SSSR count). The molecule has 128 valence electrons. The van der Waals surface area contributed by atoms with Gasteiger partial charge < -0.3 is 20.1 Å². The number of aryl methyl sites for hydroxylation is 1. The van der Waals surface area contributed by atoms with Gasteiger partial charge >= 0.3 is 0 Å². The first-order valence-corrected chi connectivity index (χ1v) is 7.87. The van der Waals surface area contributed by atoms with Crippen LogP contribution in [-0.4, -0.2) is 37.2 Å². The van der Waals surface area contributed by atoms with Crippen LogP contribution in [0.25, 0.3) is 0 Å². The van der Waals surface area contributed by atoms with E-state index in [0.29, 0.717) is 12.3 Å². The minimum atomic E-state index is 0.236. The first kappa shape index (κ1) is 17.7. The number of aromatic hydroxyl groups is 1. The second kappa shape index (κ2) is 8.24. The topological polar surface area (TPSA) is 57.1 Å². The molecule has 0 saturated carbocycles. The van der Waals surface area contributed by atoms with Gasteiger partial charge in [-0.3, -0.25) is 4.99 Å². The molecule has 0 atom stereocenters. The van der Waals surface area contributed by atoms with E-state index in [0.717, 1.165) is 18.1 Å². The van der Waals surface area contributed by atoms with Crippen molar-refractivity contribution < 1.29 is 9.84 Å². The molecule has 5 nitrogen and oxygen atoms in total. The number of benzene rings is 2. The number of ether oxygens (including phenoxy) is 1. The predicted octanol–water partition coefficient (Wildman–Crippen LogP) is 2.92. The lowest BCUT2D eigenvalue weighted by Crippen LogP contribution is -2.38. The Morgan fingerprint density at radius 1 is 1.21 bits per heavy atom. The smallest absolute Gasteiger partial charge is 0.193 e. The number of guanidine groups is 1. The van der Waals surface area contributed by atoms with Crippen LogP contribution in [0.2, 0.25) is 0 Å². The maximum atomic E-state index is 9.98. The number of methoxy groups -OCH3 is 1. The molecule has 2 N–H and O–H groups in total. The molecule has 0 saturated heterocycles. The van der Waals surface area contributed by atoms with E-state index < -0.39 is 0 Å². The highest BCUT2D eigenvalue weighted by molar-refractivity contribution is 5.79. The number of nitrogens with zero attached hydrogens (tertiary/aromatic N) is 2. The average Bonchev–Trinajstić information content (AvgIpc) is 2.59. The van der Waals surface area contributed by atoms with Crippen LogP contribution in [0.5, 0.6) is 11.5 Å². The molecule has 0 heterocycles. The lowest BCUT2D eigenvalue weighted by atomic mass is 10.1. The number of hydrogen-bond acceptors (Lipinski definition) is 3. The number of aliphatic imine (C=N–C) groups is 1. The monoisotopic (exact) mass is 327 g/mol. The van der Waals surface area contributed by atoms with Crippen LogP contribution in [-0.2, 0) is 13.1 Å². The fraction of sp³-hybridized carbons (Fsp3) is 0.316. The predicted molar refractivity (Wildman–Crippen MR) is 97.5 cm³/mol. The van der Waals surface area contributed by atoms with Gasteiger partial charge in [-0.1, -0.05) is 24.3 Å². The largest absolute Gasteiger partial charge is 0.508 e. The molecule has 0 aliphatic rings. The summed E-state index contributed by atoms with van der Waals surface area (Å²) in [5.41, 5.74) is 3.28.